The molecule has 2 rings (SSSR count). The van der Waals surface area contributed by atoms with Crippen LogP contribution >= 0.6 is 0 Å². The van der Waals surface area contributed by atoms with E-state index in [2.05, 4.69) is 39.6 Å². The average molecular weight is 333 g/mol. The molecule has 0 saturated carbocycles. The Morgan fingerprint density at radius 3 is 2.75 bits per heavy atom. The molecule has 0 amide bonds. The first-order chi connectivity index (χ1) is 11.4. The van der Waals surface area contributed by atoms with E-state index in [4.69, 9.17) is 4.52 Å². The van der Waals surface area contributed by atoms with E-state index < -0.39 is 0 Å². The number of guanidine groups is 1. The van der Waals surface area contributed by atoms with E-state index in [1.165, 1.54) is 6.07 Å². The van der Waals surface area contributed by atoms with Crippen molar-refractivity contribution in [1.82, 2.24) is 20.8 Å². The van der Waals surface area contributed by atoms with Gasteiger partial charge < -0.3 is 15.2 Å². The van der Waals surface area contributed by atoms with Gasteiger partial charge in [0, 0.05) is 18.5 Å². The first-order valence-electron chi connectivity index (χ1n) is 7.98. The summed E-state index contributed by atoms with van der Waals surface area (Å²) in [5.41, 5.74) is 0.678. The Labute approximate surface area is 141 Å². The molecule has 2 N–H and O–H groups in total. The lowest BCUT2D eigenvalue weighted by molar-refractivity contribution is 0.376. The summed E-state index contributed by atoms with van der Waals surface area (Å²) < 4.78 is 18.5. The second kappa shape index (κ2) is 7.90. The van der Waals surface area contributed by atoms with Crippen LogP contribution in [-0.4, -0.2) is 29.2 Å². The summed E-state index contributed by atoms with van der Waals surface area (Å²) in [6.45, 7) is 9.50. The Morgan fingerprint density at radius 1 is 1.33 bits per heavy atom. The number of aliphatic imine (C=N–C) groups is 1. The molecular weight excluding hydrogens is 309 g/mol. The van der Waals surface area contributed by atoms with Crippen molar-refractivity contribution in [2.45, 2.75) is 39.7 Å². The van der Waals surface area contributed by atoms with Gasteiger partial charge in [-0.2, -0.15) is 4.98 Å². The van der Waals surface area contributed by atoms with E-state index in [1.807, 2.05) is 13.0 Å². The number of aryl methyl sites for hydroxylation is 1. The maximum Gasteiger partial charge on any atom is 0.248 e. The van der Waals surface area contributed by atoms with Crippen molar-refractivity contribution in [2.75, 3.05) is 13.1 Å². The molecule has 0 unspecified atom stereocenters. The van der Waals surface area contributed by atoms with Gasteiger partial charge in [-0.25, -0.2) is 9.38 Å². The fourth-order valence-corrected chi connectivity index (χ4v) is 2.21. The molecule has 1 heterocycles. The van der Waals surface area contributed by atoms with Crippen molar-refractivity contribution in [3.05, 3.63) is 47.4 Å². The van der Waals surface area contributed by atoms with E-state index in [9.17, 15) is 4.39 Å². The zero-order chi connectivity index (χ0) is 17.6. The number of nitrogens with zero attached hydrogens (tertiary/aromatic N) is 3. The maximum absolute atomic E-state index is 13.4. The molecule has 24 heavy (non-hydrogen) atoms. The Balaban J connectivity index is 2.01. The van der Waals surface area contributed by atoms with Crippen molar-refractivity contribution in [1.29, 1.82) is 0 Å². The van der Waals surface area contributed by atoms with Gasteiger partial charge in [0.2, 0.25) is 5.89 Å². The molecule has 130 valence electrons. The fraction of sp³-hybridized carbons (Fsp3) is 0.471. The minimum absolute atomic E-state index is 0.229. The summed E-state index contributed by atoms with van der Waals surface area (Å²) in [4.78, 5) is 8.56. The number of hydrogen-bond donors (Lipinski definition) is 2. The summed E-state index contributed by atoms with van der Waals surface area (Å²) in [6.07, 6.45) is 0. The van der Waals surface area contributed by atoms with Crippen LogP contribution in [0.4, 0.5) is 4.39 Å². The van der Waals surface area contributed by atoms with Crippen LogP contribution in [0.1, 0.15) is 38.0 Å². The van der Waals surface area contributed by atoms with Gasteiger partial charge in [-0.15, -0.1) is 0 Å². The highest BCUT2D eigenvalue weighted by Crippen LogP contribution is 2.22. The standard InChI is InChI=1S/C17H24FN5O/c1-5-19-16(20-10-15-22-12(2)23-24-15)21-11-17(3,4)13-7-6-8-14(18)9-13/h6-9H,5,10-11H2,1-4H3,(H2,19,20,21). The molecule has 0 aliphatic carbocycles. The molecule has 0 atom stereocenters. The van der Waals surface area contributed by atoms with E-state index in [1.54, 1.807) is 19.1 Å². The lowest BCUT2D eigenvalue weighted by Crippen LogP contribution is -2.43. The Bertz CT molecular complexity index is 696. The molecule has 0 saturated heterocycles. The highest BCUT2D eigenvalue weighted by Gasteiger charge is 2.21. The number of benzene rings is 1. The van der Waals surface area contributed by atoms with E-state index in [0.29, 0.717) is 30.8 Å². The summed E-state index contributed by atoms with van der Waals surface area (Å²) in [7, 11) is 0. The van der Waals surface area contributed by atoms with Crippen molar-refractivity contribution in [3.8, 4) is 0 Å². The molecule has 0 aliphatic rings. The quantitative estimate of drug-likeness (QED) is 0.628. The molecule has 1 aromatic heterocycles. The van der Waals surface area contributed by atoms with Crippen LogP contribution in [0.25, 0.3) is 0 Å². The monoisotopic (exact) mass is 333 g/mol. The Kier molecular flexibility index (Phi) is 5.89. The number of rotatable bonds is 6. The van der Waals surface area contributed by atoms with Gasteiger partial charge in [0.25, 0.3) is 0 Å². The number of nitrogens with one attached hydrogen (secondary N) is 2. The lowest BCUT2D eigenvalue weighted by atomic mass is 9.84. The van der Waals surface area contributed by atoms with Gasteiger partial charge in [-0.05, 0) is 31.5 Å². The molecule has 6 nitrogen and oxygen atoms in total. The molecule has 0 radical (unpaired) electrons. The number of halogens is 1. The van der Waals surface area contributed by atoms with Crippen molar-refractivity contribution >= 4 is 5.96 Å². The summed E-state index contributed by atoms with van der Waals surface area (Å²) in [6, 6.07) is 6.66. The van der Waals surface area contributed by atoms with Crippen LogP contribution in [0.3, 0.4) is 0 Å². The van der Waals surface area contributed by atoms with Gasteiger partial charge in [0.1, 0.15) is 12.4 Å². The van der Waals surface area contributed by atoms with Gasteiger partial charge in [-0.1, -0.05) is 31.1 Å². The zero-order valence-corrected chi connectivity index (χ0v) is 14.6. The SMILES string of the molecule is CCNC(=NCc1nc(C)no1)NCC(C)(C)c1cccc(F)c1. The summed E-state index contributed by atoms with van der Waals surface area (Å²) in [5, 5.41) is 10.2. The highest BCUT2D eigenvalue weighted by molar-refractivity contribution is 5.79. The van der Waals surface area contributed by atoms with Crippen molar-refractivity contribution in [2.24, 2.45) is 4.99 Å². The minimum atomic E-state index is -0.251. The van der Waals surface area contributed by atoms with Crippen LogP contribution in [0.2, 0.25) is 0 Å². The molecule has 0 spiro atoms. The van der Waals surface area contributed by atoms with Crippen molar-refractivity contribution in [3.63, 3.8) is 0 Å². The lowest BCUT2D eigenvalue weighted by Gasteiger charge is -2.26. The first-order valence-corrected chi connectivity index (χ1v) is 7.98. The minimum Gasteiger partial charge on any atom is -0.357 e. The van der Waals surface area contributed by atoms with E-state index in [-0.39, 0.29) is 11.2 Å². The Hall–Kier alpha value is -2.44. The van der Waals surface area contributed by atoms with Gasteiger partial charge in [0.05, 0.1) is 0 Å². The molecule has 1 aromatic carbocycles. The van der Waals surface area contributed by atoms with Crippen LogP contribution in [0.5, 0.6) is 0 Å². The second-order valence-electron chi connectivity index (χ2n) is 6.18. The van der Waals surface area contributed by atoms with E-state index >= 15 is 0 Å². The van der Waals surface area contributed by atoms with Gasteiger partial charge >= 0.3 is 0 Å². The van der Waals surface area contributed by atoms with Crippen molar-refractivity contribution < 1.29 is 8.91 Å². The molecular formula is C17H24FN5O. The Morgan fingerprint density at radius 2 is 2.12 bits per heavy atom. The van der Waals surface area contributed by atoms with Crippen LogP contribution in [0.15, 0.2) is 33.8 Å². The predicted molar refractivity (Wildman–Crippen MR) is 91.3 cm³/mol. The summed E-state index contributed by atoms with van der Waals surface area (Å²) in [5.74, 6) is 1.48. The molecule has 7 heteroatoms. The van der Waals surface area contributed by atoms with Gasteiger partial charge in [0.15, 0.2) is 11.8 Å². The second-order valence-corrected chi connectivity index (χ2v) is 6.18. The maximum atomic E-state index is 13.4. The third-order valence-electron chi connectivity index (χ3n) is 3.59. The molecule has 2 aromatic rings. The van der Waals surface area contributed by atoms with Gasteiger partial charge in [-0.3, -0.25) is 0 Å². The first kappa shape index (κ1) is 17.9. The largest absolute Gasteiger partial charge is 0.357 e. The topological polar surface area (TPSA) is 75.3 Å². The number of aromatic nitrogens is 2. The summed E-state index contributed by atoms with van der Waals surface area (Å²) >= 11 is 0. The normalized spacial score (nSPS) is 12.3. The highest BCUT2D eigenvalue weighted by atomic mass is 19.1. The average Bonchev–Trinajstić information content (AvgIpc) is 2.95. The van der Waals surface area contributed by atoms with Crippen LogP contribution < -0.4 is 10.6 Å². The van der Waals surface area contributed by atoms with E-state index in [0.717, 1.165) is 12.1 Å². The smallest absolute Gasteiger partial charge is 0.248 e. The third kappa shape index (κ3) is 5.04. The fourth-order valence-electron chi connectivity index (χ4n) is 2.21. The number of hydrogen-bond acceptors (Lipinski definition) is 4. The van der Waals surface area contributed by atoms with Crippen LogP contribution in [0, 0.1) is 12.7 Å². The van der Waals surface area contributed by atoms with Crippen LogP contribution in [-0.2, 0) is 12.0 Å². The zero-order valence-electron chi connectivity index (χ0n) is 14.6. The molecule has 0 bridgehead atoms. The third-order valence-corrected chi connectivity index (χ3v) is 3.59. The molecule has 0 fully saturated rings. The molecule has 0 aliphatic heterocycles. The predicted octanol–water partition coefficient (Wildman–Crippen LogP) is 2.55.